The van der Waals surface area contributed by atoms with Crippen LogP contribution in [0.1, 0.15) is 5.69 Å². The van der Waals surface area contributed by atoms with E-state index in [0.29, 0.717) is 18.1 Å². The molecule has 0 radical (unpaired) electrons. The van der Waals surface area contributed by atoms with Crippen LogP contribution in [0.4, 0.5) is 5.82 Å². The molecule has 5 nitrogen and oxygen atoms in total. The van der Waals surface area contributed by atoms with E-state index in [9.17, 15) is 0 Å². The second-order valence-corrected chi connectivity index (χ2v) is 1.73. The summed E-state index contributed by atoms with van der Waals surface area (Å²) in [4.78, 5) is 1.40. The van der Waals surface area contributed by atoms with Crippen molar-refractivity contribution >= 4 is 5.82 Å². The molecule has 4 N–H and O–H groups in total. The Kier molecular flexibility index (Phi) is 1.35. The molecule has 0 aromatic carbocycles. The lowest BCUT2D eigenvalue weighted by molar-refractivity contribution is 0.646. The van der Waals surface area contributed by atoms with Gasteiger partial charge in [-0.1, -0.05) is 0 Å². The number of aryl methyl sites for hydroxylation is 1. The zero-order chi connectivity index (χ0) is 6.85. The van der Waals surface area contributed by atoms with Gasteiger partial charge in [0.25, 0.3) is 0 Å². The van der Waals surface area contributed by atoms with Crippen molar-refractivity contribution in [1.82, 2.24) is 15.0 Å². The largest absolute Gasteiger partial charge is 0.381 e. The maximum atomic E-state index is 5.38. The lowest BCUT2D eigenvalue weighted by Crippen LogP contribution is -2.00. The van der Waals surface area contributed by atoms with Gasteiger partial charge in [0, 0.05) is 13.6 Å². The molecule has 50 valence electrons. The van der Waals surface area contributed by atoms with E-state index in [2.05, 4.69) is 10.2 Å². The zero-order valence-electron chi connectivity index (χ0n) is 5.20. The van der Waals surface area contributed by atoms with Gasteiger partial charge in [-0.05, 0) is 0 Å². The van der Waals surface area contributed by atoms with E-state index in [1.165, 1.54) is 4.80 Å². The minimum Gasteiger partial charge on any atom is -0.381 e. The summed E-state index contributed by atoms with van der Waals surface area (Å²) < 4.78 is 0. The Balaban J connectivity index is 3.01. The quantitative estimate of drug-likeness (QED) is 0.499. The zero-order valence-corrected chi connectivity index (χ0v) is 5.20. The highest BCUT2D eigenvalue weighted by atomic mass is 15.5. The molecule has 1 aromatic heterocycles. The summed E-state index contributed by atoms with van der Waals surface area (Å²) in [5.41, 5.74) is 11.3. The fourth-order valence-corrected chi connectivity index (χ4v) is 0.607. The third kappa shape index (κ3) is 0.996. The van der Waals surface area contributed by atoms with Gasteiger partial charge in [0.05, 0.1) is 0 Å². The van der Waals surface area contributed by atoms with Gasteiger partial charge < -0.3 is 11.5 Å². The van der Waals surface area contributed by atoms with Crippen molar-refractivity contribution in [2.45, 2.75) is 6.54 Å². The van der Waals surface area contributed by atoms with Crippen LogP contribution in [0, 0.1) is 0 Å². The summed E-state index contributed by atoms with van der Waals surface area (Å²) in [6.45, 7) is 0.347. The summed E-state index contributed by atoms with van der Waals surface area (Å²) in [5, 5.41) is 7.67. The molecule has 0 saturated carbocycles. The Morgan fingerprint density at radius 1 is 1.56 bits per heavy atom. The maximum Gasteiger partial charge on any atom is 0.170 e. The van der Waals surface area contributed by atoms with Crippen LogP contribution in [0.5, 0.6) is 0 Å². The van der Waals surface area contributed by atoms with E-state index in [-0.39, 0.29) is 0 Å². The Morgan fingerprint density at radius 3 is 2.44 bits per heavy atom. The molecule has 0 aliphatic carbocycles. The van der Waals surface area contributed by atoms with Gasteiger partial charge in [0.1, 0.15) is 5.69 Å². The van der Waals surface area contributed by atoms with Gasteiger partial charge in [0.15, 0.2) is 5.82 Å². The third-order valence-electron chi connectivity index (χ3n) is 1.01. The van der Waals surface area contributed by atoms with Gasteiger partial charge in [-0.2, -0.15) is 9.90 Å². The van der Waals surface area contributed by atoms with Crippen molar-refractivity contribution in [2.75, 3.05) is 5.73 Å². The molecule has 1 rings (SSSR count). The molecule has 0 aliphatic rings. The fourth-order valence-electron chi connectivity index (χ4n) is 0.607. The molecule has 0 saturated heterocycles. The van der Waals surface area contributed by atoms with Gasteiger partial charge in [-0.15, -0.1) is 5.10 Å². The van der Waals surface area contributed by atoms with Crippen molar-refractivity contribution in [1.29, 1.82) is 0 Å². The van der Waals surface area contributed by atoms with Crippen LogP contribution in [0.15, 0.2) is 0 Å². The van der Waals surface area contributed by atoms with Crippen LogP contribution < -0.4 is 11.5 Å². The highest BCUT2D eigenvalue weighted by Gasteiger charge is 2.00. The van der Waals surface area contributed by atoms with Crippen LogP contribution in [0.3, 0.4) is 0 Å². The number of nitrogens with two attached hydrogens (primary N) is 2. The Bertz CT molecular complexity index is 203. The van der Waals surface area contributed by atoms with Gasteiger partial charge in [0.2, 0.25) is 0 Å². The molecular weight excluding hydrogens is 118 g/mol. The molecule has 0 fully saturated rings. The summed E-state index contributed by atoms with van der Waals surface area (Å²) in [6, 6.07) is 0. The van der Waals surface area contributed by atoms with Crippen LogP contribution >= 0.6 is 0 Å². The predicted octanol–water partition coefficient (Wildman–Crippen LogP) is -1.14. The Hall–Kier alpha value is -1.10. The average Bonchev–Trinajstić information content (AvgIpc) is 2.10. The fraction of sp³-hybridized carbons (Fsp3) is 0.500. The lowest BCUT2D eigenvalue weighted by Gasteiger charge is -1.83. The molecule has 0 unspecified atom stereocenters. The second-order valence-electron chi connectivity index (χ2n) is 1.73. The van der Waals surface area contributed by atoms with Crippen molar-refractivity contribution in [2.24, 2.45) is 12.8 Å². The third-order valence-corrected chi connectivity index (χ3v) is 1.01. The van der Waals surface area contributed by atoms with Crippen LogP contribution in [0.2, 0.25) is 0 Å². The Labute approximate surface area is 52.6 Å². The smallest absolute Gasteiger partial charge is 0.170 e. The van der Waals surface area contributed by atoms with Crippen LogP contribution in [0.25, 0.3) is 0 Å². The molecule has 0 spiro atoms. The molecular formula is C4H9N5. The summed E-state index contributed by atoms with van der Waals surface area (Å²) in [5.74, 6) is 0.417. The SMILES string of the molecule is Cn1nc(N)c(CN)n1. The first-order valence-electron chi connectivity index (χ1n) is 2.59. The predicted molar refractivity (Wildman–Crippen MR) is 33.3 cm³/mol. The van der Waals surface area contributed by atoms with Crippen LogP contribution in [-0.4, -0.2) is 15.0 Å². The van der Waals surface area contributed by atoms with Crippen molar-refractivity contribution in [3.63, 3.8) is 0 Å². The number of anilines is 1. The number of aromatic nitrogens is 3. The van der Waals surface area contributed by atoms with Gasteiger partial charge in [-0.3, -0.25) is 0 Å². The van der Waals surface area contributed by atoms with E-state index in [4.69, 9.17) is 11.5 Å². The van der Waals surface area contributed by atoms with Crippen molar-refractivity contribution in [3.8, 4) is 0 Å². The number of hydrogen-bond donors (Lipinski definition) is 2. The molecule has 0 amide bonds. The molecule has 9 heavy (non-hydrogen) atoms. The lowest BCUT2D eigenvalue weighted by atomic mass is 10.4. The topological polar surface area (TPSA) is 82.8 Å². The summed E-state index contributed by atoms with van der Waals surface area (Å²) >= 11 is 0. The summed E-state index contributed by atoms with van der Waals surface area (Å²) in [7, 11) is 1.70. The molecule has 0 aliphatic heterocycles. The minimum absolute atomic E-state index is 0.347. The standard InChI is InChI=1S/C4H9N5/c1-9-7-3(2-5)4(6)8-9/h2,5H2,1H3,(H2,6,8). The average molecular weight is 127 g/mol. The van der Waals surface area contributed by atoms with Crippen molar-refractivity contribution < 1.29 is 0 Å². The summed E-state index contributed by atoms with van der Waals surface area (Å²) in [6.07, 6.45) is 0. The normalized spacial score (nSPS) is 10.0. The number of rotatable bonds is 1. The van der Waals surface area contributed by atoms with Crippen LogP contribution in [-0.2, 0) is 13.6 Å². The van der Waals surface area contributed by atoms with E-state index >= 15 is 0 Å². The highest BCUT2D eigenvalue weighted by Crippen LogP contribution is 2.00. The number of nitrogen functional groups attached to an aromatic ring is 1. The molecule has 0 bridgehead atoms. The molecule has 1 aromatic rings. The van der Waals surface area contributed by atoms with E-state index < -0.39 is 0 Å². The van der Waals surface area contributed by atoms with E-state index in [1.54, 1.807) is 7.05 Å². The Morgan fingerprint density at radius 2 is 2.22 bits per heavy atom. The van der Waals surface area contributed by atoms with E-state index in [1.807, 2.05) is 0 Å². The number of hydrogen-bond acceptors (Lipinski definition) is 4. The first-order valence-corrected chi connectivity index (χ1v) is 2.59. The monoisotopic (exact) mass is 127 g/mol. The molecule has 5 heteroatoms. The minimum atomic E-state index is 0.347. The maximum absolute atomic E-state index is 5.38. The number of nitrogens with zero attached hydrogens (tertiary/aromatic N) is 3. The van der Waals surface area contributed by atoms with Gasteiger partial charge >= 0.3 is 0 Å². The molecule has 1 heterocycles. The first kappa shape index (κ1) is 6.03. The van der Waals surface area contributed by atoms with Gasteiger partial charge in [-0.25, -0.2) is 0 Å². The van der Waals surface area contributed by atoms with E-state index in [0.717, 1.165) is 0 Å². The van der Waals surface area contributed by atoms with Crippen molar-refractivity contribution in [3.05, 3.63) is 5.69 Å². The molecule has 0 atom stereocenters. The first-order chi connectivity index (χ1) is 4.24. The highest BCUT2D eigenvalue weighted by molar-refractivity contribution is 5.31. The second kappa shape index (κ2) is 2.02.